The predicted octanol–water partition coefficient (Wildman–Crippen LogP) is 4.17. The van der Waals surface area contributed by atoms with Crippen molar-refractivity contribution in [3.63, 3.8) is 0 Å². The molecule has 0 spiro atoms. The number of aromatic nitrogens is 2. The van der Waals surface area contributed by atoms with Gasteiger partial charge in [-0.15, -0.1) is 0 Å². The van der Waals surface area contributed by atoms with Crippen molar-refractivity contribution >= 4 is 11.9 Å². The number of primary amides is 1. The summed E-state index contributed by atoms with van der Waals surface area (Å²) in [5.41, 5.74) is 9.74. The van der Waals surface area contributed by atoms with Crippen LogP contribution in [0.5, 0.6) is 0 Å². The second-order valence-electron chi connectivity index (χ2n) is 8.42. The molecule has 1 aliphatic rings. The van der Waals surface area contributed by atoms with E-state index in [0.29, 0.717) is 18.1 Å². The van der Waals surface area contributed by atoms with Gasteiger partial charge in [0.15, 0.2) is 0 Å². The molecule has 1 unspecified atom stereocenters. The minimum atomic E-state index is -0.463. The highest BCUT2D eigenvalue weighted by molar-refractivity contribution is 5.94. The van der Waals surface area contributed by atoms with Crippen molar-refractivity contribution in [2.24, 2.45) is 5.73 Å². The number of hydrogen-bond donors (Lipinski definition) is 1. The van der Waals surface area contributed by atoms with Gasteiger partial charge in [-0.05, 0) is 54.8 Å². The number of amides is 1. The molecule has 0 saturated carbocycles. The Bertz CT molecular complexity index is 1100. The van der Waals surface area contributed by atoms with Crippen molar-refractivity contribution in [1.29, 1.82) is 0 Å². The molecule has 166 valence electrons. The van der Waals surface area contributed by atoms with Gasteiger partial charge >= 0.3 is 0 Å². The zero-order chi connectivity index (χ0) is 22.7. The maximum absolute atomic E-state index is 13.4. The van der Waals surface area contributed by atoms with Crippen LogP contribution in [0.2, 0.25) is 0 Å². The number of carbonyl (C=O) groups is 1. The normalized spacial score (nSPS) is 16.7. The Kier molecular flexibility index (Phi) is 6.46. The van der Waals surface area contributed by atoms with Gasteiger partial charge in [0.25, 0.3) is 0 Å². The number of benzene rings is 2. The van der Waals surface area contributed by atoms with Crippen LogP contribution in [0.15, 0.2) is 54.7 Å². The van der Waals surface area contributed by atoms with Crippen LogP contribution in [-0.2, 0) is 6.54 Å². The Balaban J connectivity index is 1.76. The molecule has 1 atom stereocenters. The van der Waals surface area contributed by atoms with Gasteiger partial charge in [0.05, 0.1) is 11.7 Å². The van der Waals surface area contributed by atoms with Crippen molar-refractivity contribution in [3.8, 4) is 11.1 Å². The smallest absolute Gasteiger partial charge is 0.248 e. The number of hydrogen-bond acceptors (Lipinski definition) is 5. The minimum absolute atomic E-state index is 0.0859. The Morgan fingerprint density at radius 1 is 1.19 bits per heavy atom. The molecule has 1 saturated heterocycles. The summed E-state index contributed by atoms with van der Waals surface area (Å²) >= 11 is 0. The summed E-state index contributed by atoms with van der Waals surface area (Å²) in [4.78, 5) is 25.5. The average Bonchev–Trinajstić information content (AvgIpc) is 2.80. The molecule has 1 aromatic heterocycles. The molecule has 6 nitrogen and oxygen atoms in total. The molecule has 4 rings (SSSR count). The van der Waals surface area contributed by atoms with Crippen molar-refractivity contribution in [1.82, 2.24) is 14.9 Å². The standard InChI is InChI=1S/C25H28FN5O/c1-30(2)25-28-15-21(18-6-5-7-19(14-18)24(27)32)23(29-25)22-8-3-4-13-31(22)16-17-9-11-20(26)12-10-17/h5-7,9-12,14-15,22H,3-4,8,13,16H2,1-2H3,(H2,27,32). The Morgan fingerprint density at radius 3 is 2.69 bits per heavy atom. The maximum Gasteiger partial charge on any atom is 0.248 e. The van der Waals surface area contributed by atoms with E-state index >= 15 is 0 Å². The molecule has 2 aromatic carbocycles. The first kappa shape index (κ1) is 21.9. The molecule has 2 N–H and O–H groups in total. The van der Waals surface area contributed by atoms with Gasteiger partial charge < -0.3 is 10.6 Å². The largest absolute Gasteiger partial charge is 0.366 e. The van der Waals surface area contributed by atoms with E-state index in [1.807, 2.05) is 49.5 Å². The summed E-state index contributed by atoms with van der Waals surface area (Å²) < 4.78 is 13.4. The number of likely N-dealkylation sites (tertiary alicyclic amines) is 1. The van der Waals surface area contributed by atoms with Crippen LogP contribution in [0.3, 0.4) is 0 Å². The topological polar surface area (TPSA) is 75.4 Å². The summed E-state index contributed by atoms with van der Waals surface area (Å²) in [6, 6.07) is 14.1. The molecule has 1 aliphatic heterocycles. The zero-order valence-corrected chi connectivity index (χ0v) is 18.5. The molecule has 32 heavy (non-hydrogen) atoms. The van der Waals surface area contributed by atoms with E-state index in [1.165, 1.54) is 12.1 Å². The van der Waals surface area contributed by atoms with Gasteiger partial charge in [-0.3, -0.25) is 9.69 Å². The monoisotopic (exact) mass is 433 g/mol. The van der Waals surface area contributed by atoms with E-state index in [4.69, 9.17) is 10.7 Å². The second-order valence-corrected chi connectivity index (χ2v) is 8.42. The van der Waals surface area contributed by atoms with Gasteiger partial charge in [0.1, 0.15) is 5.82 Å². The van der Waals surface area contributed by atoms with Crippen LogP contribution >= 0.6 is 0 Å². The number of nitrogens with two attached hydrogens (primary N) is 1. The minimum Gasteiger partial charge on any atom is -0.366 e. The number of halogens is 1. The lowest BCUT2D eigenvalue weighted by Gasteiger charge is -2.36. The maximum atomic E-state index is 13.4. The molecular formula is C25H28FN5O. The van der Waals surface area contributed by atoms with Gasteiger partial charge in [-0.1, -0.05) is 30.7 Å². The molecule has 2 heterocycles. The second kappa shape index (κ2) is 9.44. The number of carbonyl (C=O) groups excluding carboxylic acids is 1. The van der Waals surface area contributed by atoms with Crippen molar-refractivity contribution in [2.75, 3.05) is 25.5 Å². The number of piperidine rings is 1. The lowest BCUT2D eigenvalue weighted by Crippen LogP contribution is -2.34. The molecule has 1 fully saturated rings. The zero-order valence-electron chi connectivity index (χ0n) is 18.5. The van der Waals surface area contributed by atoms with Gasteiger partial charge in [-0.2, -0.15) is 0 Å². The number of rotatable bonds is 6. The van der Waals surface area contributed by atoms with Gasteiger partial charge in [0, 0.05) is 38.0 Å². The summed E-state index contributed by atoms with van der Waals surface area (Å²) in [5, 5.41) is 0. The van der Waals surface area contributed by atoms with E-state index in [0.717, 1.165) is 48.2 Å². The van der Waals surface area contributed by atoms with E-state index in [-0.39, 0.29) is 11.9 Å². The van der Waals surface area contributed by atoms with Crippen molar-refractivity contribution in [2.45, 2.75) is 31.8 Å². The lowest BCUT2D eigenvalue weighted by atomic mass is 9.93. The molecule has 0 bridgehead atoms. The van der Waals surface area contributed by atoms with Crippen LogP contribution in [0.25, 0.3) is 11.1 Å². The summed E-state index contributed by atoms with van der Waals surface area (Å²) in [5.74, 6) is -0.0519. The third-order valence-electron chi connectivity index (χ3n) is 5.89. The molecule has 3 aromatic rings. The summed E-state index contributed by atoms with van der Waals surface area (Å²) in [6.45, 7) is 1.65. The molecular weight excluding hydrogens is 405 g/mol. The number of nitrogens with zero attached hydrogens (tertiary/aromatic N) is 4. The van der Waals surface area contributed by atoms with E-state index in [1.54, 1.807) is 12.1 Å². The fraction of sp³-hybridized carbons (Fsp3) is 0.320. The number of anilines is 1. The molecule has 1 amide bonds. The molecule has 7 heteroatoms. The SMILES string of the molecule is CN(C)c1ncc(-c2cccc(C(N)=O)c2)c(C2CCCCN2Cc2ccc(F)cc2)n1. The summed E-state index contributed by atoms with van der Waals surface area (Å²) in [6.07, 6.45) is 5.01. The van der Waals surface area contributed by atoms with Gasteiger partial charge in [0.2, 0.25) is 11.9 Å². The van der Waals surface area contributed by atoms with Crippen LogP contribution in [0, 0.1) is 5.82 Å². The first-order chi connectivity index (χ1) is 15.4. The fourth-order valence-electron chi connectivity index (χ4n) is 4.23. The fourth-order valence-corrected chi connectivity index (χ4v) is 4.23. The van der Waals surface area contributed by atoms with Crippen LogP contribution in [0.1, 0.15) is 46.9 Å². The van der Waals surface area contributed by atoms with E-state index in [9.17, 15) is 9.18 Å². The Morgan fingerprint density at radius 2 is 1.97 bits per heavy atom. The van der Waals surface area contributed by atoms with E-state index < -0.39 is 5.91 Å². The Hall–Kier alpha value is -3.32. The highest BCUT2D eigenvalue weighted by Crippen LogP contribution is 2.37. The Labute approximate surface area is 187 Å². The third-order valence-corrected chi connectivity index (χ3v) is 5.89. The molecule has 0 radical (unpaired) electrons. The highest BCUT2D eigenvalue weighted by atomic mass is 19.1. The van der Waals surface area contributed by atoms with Crippen molar-refractivity contribution in [3.05, 3.63) is 77.4 Å². The van der Waals surface area contributed by atoms with E-state index in [2.05, 4.69) is 9.88 Å². The van der Waals surface area contributed by atoms with Crippen LogP contribution in [0.4, 0.5) is 10.3 Å². The summed E-state index contributed by atoms with van der Waals surface area (Å²) in [7, 11) is 3.84. The lowest BCUT2D eigenvalue weighted by molar-refractivity contribution is 0.100. The quantitative estimate of drug-likeness (QED) is 0.631. The predicted molar refractivity (Wildman–Crippen MR) is 124 cm³/mol. The van der Waals surface area contributed by atoms with Crippen LogP contribution < -0.4 is 10.6 Å². The van der Waals surface area contributed by atoms with Gasteiger partial charge in [-0.25, -0.2) is 14.4 Å². The average molecular weight is 434 g/mol. The first-order valence-electron chi connectivity index (χ1n) is 10.9. The first-order valence-corrected chi connectivity index (χ1v) is 10.9. The van der Waals surface area contributed by atoms with Crippen molar-refractivity contribution < 1.29 is 9.18 Å². The van der Waals surface area contributed by atoms with Crippen LogP contribution in [-0.4, -0.2) is 41.4 Å². The third kappa shape index (κ3) is 4.78. The molecule has 0 aliphatic carbocycles. The highest BCUT2D eigenvalue weighted by Gasteiger charge is 2.28.